The summed E-state index contributed by atoms with van der Waals surface area (Å²) in [6.07, 6.45) is -1.17. The van der Waals surface area contributed by atoms with E-state index in [1.54, 1.807) is 18.2 Å². The van der Waals surface area contributed by atoms with Gasteiger partial charge in [0.05, 0.1) is 18.5 Å². The van der Waals surface area contributed by atoms with Crippen LogP contribution in [0.25, 0.3) is 10.8 Å². The molecule has 0 saturated heterocycles. The minimum Gasteiger partial charge on any atom is -0.448 e. The Balaban J connectivity index is 1.83. The van der Waals surface area contributed by atoms with Crippen LogP contribution >= 0.6 is 0 Å². The van der Waals surface area contributed by atoms with Crippen LogP contribution in [0.3, 0.4) is 0 Å². The number of aliphatic hydroxyl groups is 1. The largest absolute Gasteiger partial charge is 0.448 e. The van der Waals surface area contributed by atoms with E-state index in [-0.39, 0.29) is 29.6 Å². The third-order valence-electron chi connectivity index (χ3n) is 4.14. The lowest BCUT2D eigenvalue weighted by Crippen LogP contribution is -2.32. The number of rotatable bonds is 6. The molecule has 3 rings (SSSR count). The van der Waals surface area contributed by atoms with E-state index in [9.17, 15) is 18.8 Å². The first kappa shape index (κ1) is 20.2. The quantitative estimate of drug-likeness (QED) is 0.611. The van der Waals surface area contributed by atoms with Crippen molar-refractivity contribution in [1.29, 1.82) is 0 Å². The van der Waals surface area contributed by atoms with Crippen LogP contribution in [0.2, 0.25) is 0 Å². The Morgan fingerprint density at radius 2 is 1.83 bits per heavy atom. The highest BCUT2D eigenvalue weighted by Crippen LogP contribution is 2.16. The van der Waals surface area contributed by atoms with E-state index in [1.165, 1.54) is 37.3 Å². The number of aliphatic hydroxyl groups excluding tert-OH is 1. The van der Waals surface area contributed by atoms with Gasteiger partial charge in [0, 0.05) is 11.1 Å². The second-order valence-corrected chi connectivity index (χ2v) is 6.19. The van der Waals surface area contributed by atoms with E-state index < -0.39 is 29.4 Å². The third-order valence-corrected chi connectivity index (χ3v) is 4.14. The number of nitrogens with one attached hydrogen (secondary N) is 1. The summed E-state index contributed by atoms with van der Waals surface area (Å²) in [5.74, 6) is -1.95. The molecule has 0 aliphatic heterocycles. The molecule has 1 atom stereocenters. The molecule has 1 heterocycles. The van der Waals surface area contributed by atoms with Gasteiger partial charge in [-0.25, -0.2) is 13.9 Å². The number of carbonyl (C=O) groups excluding carboxylic acids is 2. The Morgan fingerprint density at radius 1 is 1.17 bits per heavy atom. The molecule has 3 aromatic rings. The average molecular weight is 399 g/mol. The van der Waals surface area contributed by atoms with Crippen molar-refractivity contribution in [2.24, 2.45) is 0 Å². The predicted octanol–water partition coefficient (Wildman–Crippen LogP) is 1.71. The highest BCUT2D eigenvalue weighted by molar-refractivity contribution is 6.03. The number of carbonyl (C=O) groups is 2. The highest BCUT2D eigenvalue weighted by atomic mass is 19.1. The summed E-state index contributed by atoms with van der Waals surface area (Å²) in [7, 11) is 0. The lowest BCUT2D eigenvalue weighted by Gasteiger charge is -2.15. The lowest BCUT2D eigenvalue weighted by molar-refractivity contribution is -0.123. The van der Waals surface area contributed by atoms with Crippen molar-refractivity contribution in [3.8, 4) is 0 Å². The van der Waals surface area contributed by atoms with Gasteiger partial charge in [-0.2, -0.15) is 5.10 Å². The van der Waals surface area contributed by atoms with Crippen LogP contribution in [0.15, 0.2) is 53.3 Å². The number of halogens is 1. The molecule has 0 aliphatic carbocycles. The maximum absolute atomic E-state index is 13.0. The number of anilines is 1. The molecule has 0 unspecified atom stereocenters. The van der Waals surface area contributed by atoms with Gasteiger partial charge in [0.1, 0.15) is 5.82 Å². The molecule has 9 heteroatoms. The van der Waals surface area contributed by atoms with Crippen LogP contribution in [0.5, 0.6) is 0 Å². The summed E-state index contributed by atoms with van der Waals surface area (Å²) in [5, 5.41) is 16.2. The van der Waals surface area contributed by atoms with E-state index in [4.69, 9.17) is 9.84 Å². The third kappa shape index (κ3) is 4.46. The van der Waals surface area contributed by atoms with Crippen LogP contribution in [0.4, 0.5) is 10.1 Å². The monoisotopic (exact) mass is 399 g/mol. The summed E-state index contributed by atoms with van der Waals surface area (Å²) in [5.41, 5.74) is -0.247. The second-order valence-electron chi connectivity index (χ2n) is 6.19. The molecule has 0 spiro atoms. The number of benzene rings is 2. The Labute approximate surface area is 164 Å². The molecular formula is C20H18FN3O5. The number of aromatic nitrogens is 2. The van der Waals surface area contributed by atoms with Crippen molar-refractivity contribution in [3.05, 3.63) is 70.4 Å². The minimum atomic E-state index is -1.17. The fourth-order valence-electron chi connectivity index (χ4n) is 2.68. The van der Waals surface area contributed by atoms with Gasteiger partial charge in [0.2, 0.25) is 0 Å². The zero-order valence-corrected chi connectivity index (χ0v) is 15.5. The Bertz CT molecular complexity index is 1110. The van der Waals surface area contributed by atoms with E-state index in [2.05, 4.69) is 10.4 Å². The van der Waals surface area contributed by atoms with Crippen molar-refractivity contribution >= 4 is 28.3 Å². The van der Waals surface area contributed by atoms with Crippen molar-refractivity contribution in [1.82, 2.24) is 9.78 Å². The topological polar surface area (TPSA) is 111 Å². The van der Waals surface area contributed by atoms with Gasteiger partial charge in [-0.05, 0) is 37.3 Å². The SMILES string of the molecule is C[C@H](OC(=O)c1nn(CCO)c(=O)c2ccccc12)C(=O)Nc1ccc(F)cc1. The van der Waals surface area contributed by atoms with Crippen LogP contribution in [0, 0.1) is 5.82 Å². The number of ether oxygens (including phenoxy) is 1. The number of esters is 1. The van der Waals surface area contributed by atoms with E-state index in [0.29, 0.717) is 5.69 Å². The smallest absolute Gasteiger partial charge is 0.360 e. The van der Waals surface area contributed by atoms with Crippen LogP contribution < -0.4 is 10.9 Å². The molecule has 2 aromatic carbocycles. The molecule has 0 aliphatic rings. The predicted molar refractivity (Wildman–Crippen MR) is 103 cm³/mol. The standard InChI is InChI=1S/C20H18FN3O5/c1-12(18(26)22-14-8-6-13(21)7-9-14)29-20(28)17-15-4-2-3-5-16(15)19(27)24(23-17)10-11-25/h2-9,12,25H,10-11H2,1H3,(H,22,26)/t12-/m0/s1. The van der Waals surface area contributed by atoms with Crippen LogP contribution in [0.1, 0.15) is 17.4 Å². The molecule has 1 aromatic heterocycles. The highest BCUT2D eigenvalue weighted by Gasteiger charge is 2.23. The molecule has 8 nitrogen and oxygen atoms in total. The van der Waals surface area contributed by atoms with Crippen molar-refractivity contribution < 1.29 is 23.8 Å². The van der Waals surface area contributed by atoms with Crippen molar-refractivity contribution in [2.45, 2.75) is 19.6 Å². The van der Waals surface area contributed by atoms with Crippen LogP contribution in [-0.4, -0.2) is 39.5 Å². The molecule has 0 radical (unpaired) electrons. The van der Waals surface area contributed by atoms with Gasteiger partial charge in [0.25, 0.3) is 11.5 Å². The molecule has 0 fully saturated rings. The first-order chi connectivity index (χ1) is 13.9. The zero-order chi connectivity index (χ0) is 21.0. The van der Waals surface area contributed by atoms with Gasteiger partial charge in [-0.15, -0.1) is 0 Å². The molecule has 0 bridgehead atoms. The molecule has 2 N–H and O–H groups in total. The van der Waals surface area contributed by atoms with Crippen molar-refractivity contribution in [3.63, 3.8) is 0 Å². The summed E-state index contributed by atoms with van der Waals surface area (Å²) in [6, 6.07) is 11.5. The van der Waals surface area contributed by atoms with E-state index >= 15 is 0 Å². The Hall–Kier alpha value is -3.59. The molecular weight excluding hydrogens is 381 g/mol. The average Bonchev–Trinajstić information content (AvgIpc) is 2.71. The summed E-state index contributed by atoms with van der Waals surface area (Å²) in [6.45, 7) is 0.948. The summed E-state index contributed by atoms with van der Waals surface area (Å²) >= 11 is 0. The van der Waals surface area contributed by atoms with Gasteiger partial charge in [-0.1, -0.05) is 18.2 Å². The normalized spacial score (nSPS) is 11.8. The van der Waals surface area contributed by atoms with Crippen LogP contribution in [-0.2, 0) is 16.1 Å². The fourth-order valence-corrected chi connectivity index (χ4v) is 2.68. The number of fused-ring (bicyclic) bond motifs is 1. The van der Waals surface area contributed by atoms with E-state index in [1.807, 2.05) is 0 Å². The summed E-state index contributed by atoms with van der Waals surface area (Å²) < 4.78 is 19.1. The van der Waals surface area contributed by atoms with Gasteiger partial charge >= 0.3 is 5.97 Å². The van der Waals surface area contributed by atoms with Gasteiger partial charge in [-0.3, -0.25) is 9.59 Å². The zero-order valence-electron chi connectivity index (χ0n) is 15.5. The number of hydrogen-bond donors (Lipinski definition) is 2. The second kappa shape index (κ2) is 8.61. The molecule has 0 saturated carbocycles. The minimum absolute atomic E-state index is 0.0927. The molecule has 150 valence electrons. The lowest BCUT2D eigenvalue weighted by atomic mass is 10.1. The molecule has 1 amide bonds. The Morgan fingerprint density at radius 3 is 2.48 bits per heavy atom. The fraction of sp³-hybridized carbons (Fsp3) is 0.200. The number of hydrogen-bond acceptors (Lipinski definition) is 6. The number of amides is 1. The first-order valence-electron chi connectivity index (χ1n) is 8.79. The summed E-state index contributed by atoms with van der Waals surface area (Å²) in [4.78, 5) is 37.3. The first-order valence-corrected chi connectivity index (χ1v) is 8.79. The van der Waals surface area contributed by atoms with Gasteiger partial charge < -0.3 is 15.2 Å². The maximum atomic E-state index is 13.0. The van der Waals surface area contributed by atoms with Crippen molar-refractivity contribution in [2.75, 3.05) is 11.9 Å². The molecule has 29 heavy (non-hydrogen) atoms. The maximum Gasteiger partial charge on any atom is 0.360 e. The van der Waals surface area contributed by atoms with Gasteiger partial charge in [0.15, 0.2) is 11.8 Å². The number of nitrogens with zero attached hydrogens (tertiary/aromatic N) is 2. The van der Waals surface area contributed by atoms with E-state index in [0.717, 1.165) is 4.68 Å². The Kier molecular flexibility index (Phi) is 5.99.